The van der Waals surface area contributed by atoms with Crippen LogP contribution in [0.3, 0.4) is 0 Å². The summed E-state index contributed by atoms with van der Waals surface area (Å²) in [6.45, 7) is 3.51. The Bertz CT molecular complexity index is 1340. The second-order valence-electron chi connectivity index (χ2n) is 10.7. The Hall–Kier alpha value is -2.76. The molecule has 1 fully saturated rings. The monoisotopic (exact) mass is 611 g/mol. The van der Waals surface area contributed by atoms with Crippen LogP contribution in [0.4, 0.5) is 5.69 Å². The van der Waals surface area contributed by atoms with Crippen molar-refractivity contribution < 1.29 is 35.0 Å². The number of phenols is 1. The highest BCUT2D eigenvalue weighted by atomic mass is 79.9. The number of halogens is 1. The number of aliphatic hydroxyl groups excluding tert-OH is 2. The van der Waals surface area contributed by atoms with Crippen molar-refractivity contribution in [3.05, 3.63) is 69.2 Å². The molecule has 40 heavy (non-hydrogen) atoms. The quantitative estimate of drug-likeness (QED) is 0.158. The summed E-state index contributed by atoms with van der Waals surface area (Å²) in [4.78, 5) is 28.1. The maximum atomic E-state index is 13.6. The van der Waals surface area contributed by atoms with Gasteiger partial charge in [-0.15, -0.1) is 0 Å². The number of allylic oxidation sites excluding steroid dienone is 2. The molecule has 2 aromatic carbocycles. The van der Waals surface area contributed by atoms with Gasteiger partial charge in [0.05, 0.1) is 30.2 Å². The van der Waals surface area contributed by atoms with Gasteiger partial charge in [0, 0.05) is 16.0 Å². The SMILES string of the molecule is CCC/C(=C\c1cc(Br)ccc1O)CC[C@@H](O)C1=C(C)C[C@H]2C(=O)N(c3cccc(B(O)O)c3)C(=O)[C@H]2[C@H]1CO. The molecule has 8 nitrogen and oxygen atoms in total. The number of aliphatic hydroxyl groups is 2. The molecular weight excluding hydrogens is 577 g/mol. The number of hydrogen-bond donors (Lipinski definition) is 5. The van der Waals surface area contributed by atoms with Crippen LogP contribution in [0.1, 0.15) is 51.5 Å². The van der Waals surface area contributed by atoms with E-state index in [1.807, 2.05) is 19.1 Å². The van der Waals surface area contributed by atoms with E-state index < -0.39 is 49.4 Å². The minimum absolute atomic E-state index is 0.157. The first-order valence-corrected chi connectivity index (χ1v) is 14.4. The number of anilines is 1. The number of carbonyl (C=O) groups excluding carboxylic acids is 2. The van der Waals surface area contributed by atoms with Crippen LogP contribution in [-0.4, -0.2) is 57.0 Å². The van der Waals surface area contributed by atoms with Crippen molar-refractivity contribution >= 4 is 52.1 Å². The van der Waals surface area contributed by atoms with Gasteiger partial charge in [-0.3, -0.25) is 14.5 Å². The molecule has 0 bridgehead atoms. The van der Waals surface area contributed by atoms with Crippen LogP contribution in [0, 0.1) is 17.8 Å². The molecule has 212 valence electrons. The van der Waals surface area contributed by atoms with Gasteiger partial charge >= 0.3 is 7.12 Å². The lowest BCUT2D eigenvalue weighted by molar-refractivity contribution is -0.123. The summed E-state index contributed by atoms with van der Waals surface area (Å²) < 4.78 is 0.847. The molecular formula is C30H35BBrNO7. The third kappa shape index (κ3) is 6.11. The van der Waals surface area contributed by atoms with Gasteiger partial charge in [-0.2, -0.15) is 0 Å². The summed E-state index contributed by atoms with van der Waals surface area (Å²) in [6, 6.07) is 11.2. The number of aromatic hydroxyl groups is 1. The summed E-state index contributed by atoms with van der Waals surface area (Å²) in [5, 5.41) is 51.2. The standard InChI is InChI=1S/C30H35BBrNO7/c1-3-5-18(13-19-14-21(32)9-11-25(19)35)8-10-26(36)27-17(2)12-23-28(24(27)16-34)30(38)33(29(23)37)22-7-4-6-20(15-22)31(39)40/h4,6-7,9,11,13-15,23-24,26,28,34-36,39-40H,3,5,8,10,12,16H2,1-2H3/b18-13+/t23-,24+,26-,28-/m1/s1. The molecule has 0 spiro atoms. The van der Waals surface area contributed by atoms with Gasteiger partial charge in [-0.1, -0.05) is 58.6 Å². The molecule has 2 aliphatic rings. The minimum atomic E-state index is -1.75. The first kappa shape index (κ1) is 30.2. The second kappa shape index (κ2) is 12.8. The van der Waals surface area contributed by atoms with Crippen molar-refractivity contribution in [2.24, 2.45) is 17.8 Å². The molecule has 1 saturated heterocycles. The molecule has 4 atom stereocenters. The van der Waals surface area contributed by atoms with E-state index in [2.05, 4.69) is 22.9 Å². The van der Waals surface area contributed by atoms with Gasteiger partial charge in [-0.25, -0.2) is 0 Å². The van der Waals surface area contributed by atoms with E-state index in [4.69, 9.17) is 0 Å². The molecule has 4 rings (SSSR count). The summed E-state index contributed by atoms with van der Waals surface area (Å²) >= 11 is 3.43. The van der Waals surface area contributed by atoms with E-state index in [1.54, 1.807) is 24.3 Å². The Labute approximate surface area is 242 Å². The Morgan fingerprint density at radius 2 is 1.90 bits per heavy atom. The summed E-state index contributed by atoms with van der Waals surface area (Å²) in [5.74, 6) is -2.89. The van der Waals surface area contributed by atoms with Crippen molar-refractivity contribution in [3.63, 3.8) is 0 Å². The molecule has 0 radical (unpaired) electrons. The Balaban J connectivity index is 1.57. The molecule has 10 heteroatoms. The van der Waals surface area contributed by atoms with E-state index in [0.29, 0.717) is 30.4 Å². The lowest BCUT2D eigenvalue weighted by Gasteiger charge is -2.35. The Morgan fingerprint density at radius 3 is 2.58 bits per heavy atom. The Kier molecular flexibility index (Phi) is 9.69. The molecule has 2 amide bonds. The molecule has 0 saturated carbocycles. The normalized spacial score (nSPS) is 22.1. The molecule has 1 aliphatic carbocycles. The molecule has 1 aliphatic heterocycles. The van der Waals surface area contributed by atoms with Crippen LogP contribution in [0.25, 0.3) is 6.08 Å². The number of benzene rings is 2. The van der Waals surface area contributed by atoms with Crippen molar-refractivity contribution in [2.45, 2.75) is 52.1 Å². The van der Waals surface area contributed by atoms with Gasteiger partial charge in [0.2, 0.25) is 11.8 Å². The average Bonchev–Trinajstić information content (AvgIpc) is 3.17. The second-order valence-corrected chi connectivity index (χ2v) is 11.6. The highest BCUT2D eigenvalue weighted by Gasteiger charge is 2.54. The zero-order valence-electron chi connectivity index (χ0n) is 22.6. The fourth-order valence-corrected chi connectivity index (χ4v) is 6.50. The van der Waals surface area contributed by atoms with Crippen LogP contribution in [0.2, 0.25) is 0 Å². The predicted molar refractivity (Wildman–Crippen MR) is 158 cm³/mol. The van der Waals surface area contributed by atoms with Gasteiger partial charge < -0.3 is 25.4 Å². The van der Waals surface area contributed by atoms with Crippen LogP contribution >= 0.6 is 15.9 Å². The maximum absolute atomic E-state index is 13.6. The van der Waals surface area contributed by atoms with Crippen LogP contribution < -0.4 is 10.4 Å². The van der Waals surface area contributed by atoms with E-state index in [9.17, 15) is 35.0 Å². The van der Waals surface area contributed by atoms with E-state index in [1.165, 1.54) is 12.1 Å². The highest BCUT2D eigenvalue weighted by molar-refractivity contribution is 9.10. The first-order chi connectivity index (χ1) is 19.1. The lowest BCUT2D eigenvalue weighted by Crippen LogP contribution is -2.39. The molecule has 5 N–H and O–H groups in total. The third-order valence-corrected chi connectivity index (χ3v) is 8.46. The van der Waals surface area contributed by atoms with Crippen molar-refractivity contribution in [3.8, 4) is 5.75 Å². The predicted octanol–water partition coefficient (Wildman–Crippen LogP) is 3.29. The third-order valence-electron chi connectivity index (χ3n) is 7.97. The molecule has 0 unspecified atom stereocenters. The average molecular weight is 612 g/mol. The van der Waals surface area contributed by atoms with Crippen LogP contribution in [-0.2, 0) is 9.59 Å². The lowest BCUT2D eigenvalue weighted by atomic mass is 9.68. The summed E-state index contributed by atoms with van der Waals surface area (Å²) in [6.07, 6.45) is 3.91. The fourth-order valence-electron chi connectivity index (χ4n) is 6.13. The van der Waals surface area contributed by atoms with E-state index in [-0.39, 0.29) is 16.9 Å². The number of phenolic OH excluding ortho intramolecular Hbond substituents is 1. The number of fused-ring (bicyclic) bond motifs is 1. The highest BCUT2D eigenvalue weighted by Crippen LogP contribution is 2.47. The zero-order chi connectivity index (χ0) is 29.1. The molecule has 1 heterocycles. The largest absolute Gasteiger partial charge is 0.507 e. The van der Waals surface area contributed by atoms with Gasteiger partial charge in [0.15, 0.2) is 0 Å². The summed E-state index contributed by atoms with van der Waals surface area (Å²) in [5.41, 5.74) is 3.55. The number of rotatable bonds is 10. The topological polar surface area (TPSA) is 139 Å². The van der Waals surface area contributed by atoms with Gasteiger partial charge in [0.25, 0.3) is 0 Å². The van der Waals surface area contributed by atoms with Crippen LogP contribution in [0.5, 0.6) is 5.75 Å². The molecule has 2 aromatic rings. The minimum Gasteiger partial charge on any atom is -0.507 e. The first-order valence-electron chi connectivity index (χ1n) is 13.6. The number of nitrogens with zero attached hydrogens (tertiary/aromatic N) is 1. The van der Waals surface area contributed by atoms with Gasteiger partial charge in [0.1, 0.15) is 5.75 Å². The maximum Gasteiger partial charge on any atom is 0.488 e. The van der Waals surface area contributed by atoms with E-state index in [0.717, 1.165) is 33.4 Å². The molecule has 0 aromatic heterocycles. The number of imide groups is 1. The smallest absolute Gasteiger partial charge is 0.488 e. The number of hydrogen-bond acceptors (Lipinski definition) is 7. The van der Waals surface area contributed by atoms with Gasteiger partial charge in [-0.05, 0) is 74.0 Å². The van der Waals surface area contributed by atoms with Crippen LogP contribution in [0.15, 0.2) is 63.7 Å². The van der Waals surface area contributed by atoms with Crippen molar-refractivity contribution in [1.82, 2.24) is 0 Å². The Morgan fingerprint density at radius 1 is 1.15 bits per heavy atom. The van der Waals surface area contributed by atoms with Crippen molar-refractivity contribution in [2.75, 3.05) is 11.5 Å². The van der Waals surface area contributed by atoms with E-state index >= 15 is 0 Å². The zero-order valence-corrected chi connectivity index (χ0v) is 24.2. The number of amides is 2. The van der Waals surface area contributed by atoms with Crippen molar-refractivity contribution in [1.29, 1.82) is 0 Å². The fraction of sp³-hybridized carbons (Fsp3) is 0.400. The summed E-state index contributed by atoms with van der Waals surface area (Å²) in [7, 11) is -1.75. The number of carbonyl (C=O) groups is 2.